The highest BCUT2D eigenvalue weighted by Gasteiger charge is 2.34. The van der Waals surface area contributed by atoms with Crippen LogP contribution in [0, 0.1) is 5.92 Å². The Balaban J connectivity index is 1.96. The molecule has 0 saturated heterocycles. The van der Waals surface area contributed by atoms with E-state index in [1.807, 2.05) is 0 Å². The average molecular weight is 215 g/mol. The summed E-state index contributed by atoms with van der Waals surface area (Å²) in [6, 6.07) is 9.36. The molecule has 2 N–H and O–H groups in total. The zero-order valence-electron chi connectivity index (χ0n) is 9.86. The summed E-state index contributed by atoms with van der Waals surface area (Å²) < 4.78 is 0. The number of benzene rings is 1. The summed E-state index contributed by atoms with van der Waals surface area (Å²) in [5, 5.41) is 0. The van der Waals surface area contributed by atoms with Gasteiger partial charge in [0.25, 0.3) is 0 Å². The molecule has 1 fully saturated rings. The van der Waals surface area contributed by atoms with E-state index in [-0.39, 0.29) is 0 Å². The Bertz CT molecular complexity index is 365. The minimum atomic E-state index is 0.401. The Morgan fingerprint density at radius 1 is 1.00 bits per heavy atom. The normalized spacial score (nSPS) is 30.3. The summed E-state index contributed by atoms with van der Waals surface area (Å²) in [6.45, 7) is 0. The Kier molecular flexibility index (Phi) is 2.72. The zero-order chi connectivity index (χ0) is 11.0. The quantitative estimate of drug-likeness (QED) is 0.764. The van der Waals surface area contributed by atoms with Crippen LogP contribution in [-0.2, 0) is 6.42 Å². The van der Waals surface area contributed by atoms with Gasteiger partial charge < -0.3 is 5.73 Å². The van der Waals surface area contributed by atoms with E-state index in [0.717, 1.165) is 5.92 Å². The number of hydrogen-bond donors (Lipinski definition) is 1. The van der Waals surface area contributed by atoms with Crippen LogP contribution in [0.2, 0.25) is 0 Å². The van der Waals surface area contributed by atoms with E-state index in [1.165, 1.54) is 38.5 Å². The summed E-state index contributed by atoms with van der Waals surface area (Å²) in [5.41, 5.74) is 9.49. The van der Waals surface area contributed by atoms with Crippen LogP contribution >= 0.6 is 0 Å². The maximum absolute atomic E-state index is 6.37. The van der Waals surface area contributed by atoms with E-state index >= 15 is 0 Å². The van der Waals surface area contributed by atoms with Gasteiger partial charge in [0.15, 0.2) is 0 Å². The van der Waals surface area contributed by atoms with Gasteiger partial charge in [-0.25, -0.2) is 0 Å². The molecule has 3 rings (SSSR count). The first-order chi connectivity index (χ1) is 7.86. The zero-order valence-corrected chi connectivity index (χ0v) is 9.86. The fraction of sp³-hybridized carbons (Fsp3) is 0.600. The number of nitrogens with two attached hydrogens (primary N) is 1. The van der Waals surface area contributed by atoms with Gasteiger partial charge in [-0.2, -0.15) is 0 Å². The molecular weight excluding hydrogens is 194 g/mol. The standard InChI is InChI=1S/C15H21N/c16-14-10-9-11-5-3-4-8-13(11)15(14)12-6-1-2-7-12/h3-5,8,12,14-15H,1-2,6-7,9-10,16H2. The van der Waals surface area contributed by atoms with E-state index in [1.54, 1.807) is 11.1 Å². The molecule has 2 aliphatic carbocycles. The lowest BCUT2D eigenvalue weighted by Crippen LogP contribution is -2.36. The monoisotopic (exact) mass is 215 g/mol. The summed E-state index contributed by atoms with van der Waals surface area (Å²) >= 11 is 0. The van der Waals surface area contributed by atoms with Crippen LogP contribution in [0.25, 0.3) is 0 Å². The highest BCUT2D eigenvalue weighted by atomic mass is 14.7. The largest absolute Gasteiger partial charge is 0.327 e. The number of aryl methyl sites for hydroxylation is 1. The van der Waals surface area contributed by atoms with Crippen LogP contribution in [-0.4, -0.2) is 6.04 Å². The molecule has 1 heteroatoms. The third-order valence-corrected chi connectivity index (χ3v) is 4.53. The van der Waals surface area contributed by atoms with Crippen LogP contribution in [0.1, 0.15) is 49.1 Å². The summed E-state index contributed by atoms with van der Waals surface area (Å²) in [7, 11) is 0. The maximum Gasteiger partial charge on any atom is 0.0114 e. The van der Waals surface area contributed by atoms with Gasteiger partial charge in [-0.05, 0) is 42.7 Å². The summed E-state index contributed by atoms with van der Waals surface area (Å²) in [4.78, 5) is 0. The molecule has 0 spiro atoms. The van der Waals surface area contributed by atoms with E-state index < -0.39 is 0 Å². The van der Waals surface area contributed by atoms with E-state index in [2.05, 4.69) is 24.3 Å². The fourth-order valence-electron chi connectivity index (χ4n) is 3.74. The Labute approximate surface area is 98.0 Å². The van der Waals surface area contributed by atoms with Gasteiger partial charge in [0.05, 0.1) is 0 Å². The van der Waals surface area contributed by atoms with Gasteiger partial charge in [-0.15, -0.1) is 0 Å². The molecule has 2 aliphatic rings. The van der Waals surface area contributed by atoms with Gasteiger partial charge in [-0.3, -0.25) is 0 Å². The third kappa shape index (κ3) is 1.67. The smallest absolute Gasteiger partial charge is 0.0114 e. The first kappa shape index (κ1) is 10.3. The third-order valence-electron chi connectivity index (χ3n) is 4.53. The van der Waals surface area contributed by atoms with Crippen molar-refractivity contribution in [3.05, 3.63) is 35.4 Å². The van der Waals surface area contributed by atoms with E-state index in [9.17, 15) is 0 Å². The molecule has 0 aliphatic heterocycles. The first-order valence-electron chi connectivity index (χ1n) is 6.69. The van der Waals surface area contributed by atoms with E-state index in [0.29, 0.717) is 12.0 Å². The topological polar surface area (TPSA) is 26.0 Å². The van der Waals surface area contributed by atoms with Crippen molar-refractivity contribution in [1.82, 2.24) is 0 Å². The van der Waals surface area contributed by atoms with Gasteiger partial charge in [0.2, 0.25) is 0 Å². The summed E-state index contributed by atoms with van der Waals surface area (Å²) in [6.07, 6.45) is 7.98. The Morgan fingerprint density at radius 2 is 1.75 bits per heavy atom. The molecule has 2 unspecified atom stereocenters. The molecule has 2 atom stereocenters. The number of fused-ring (bicyclic) bond motifs is 1. The van der Waals surface area contributed by atoms with Crippen LogP contribution < -0.4 is 5.73 Å². The van der Waals surface area contributed by atoms with Crippen molar-refractivity contribution in [3.8, 4) is 0 Å². The molecule has 16 heavy (non-hydrogen) atoms. The minimum Gasteiger partial charge on any atom is -0.327 e. The van der Waals surface area contributed by atoms with Crippen LogP contribution in [0.5, 0.6) is 0 Å². The fourth-order valence-corrected chi connectivity index (χ4v) is 3.74. The van der Waals surface area contributed by atoms with Crippen LogP contribution in [0.3, 0.4) is 0 Å². The van der Waals surface area contributed by atoms with E-state index in [4.69, 9.17) is 5.73 Å². The molecule has 1 saturated carbocycles. The molecular formula is C15H21N. The highest BCUT2D eigenvalue weighted by Crippen LogP contribution is 2.43. The molecule has 1 aromatic rings. The van der Waals surface area contributed by atoms with Crippen molar-refractivity contribution in [2.75, 3.05) is 0 Å². The second-order valence-corrected chi connectivity index (χ2v) is 5.47. The molecule has 1 aromatic carbocycles. The van der Waals surface area contributed by atoms with Crippen molar-refractivity contribution >= 4 is 0 Å². The number of hydrogen-bond acceptors (Lipinski definition) is 1. The van der Waals surface area contributed by atoms with Gasteiger partial charge in [0.1, 0.15) is 0 Å². The first-order valence-corrected chi connectivity index (χ1v) is 6.69. The predicted octanol–water partition coefficient (Wildman–Crippen LogP) is 3.23. The lowest BCUT2D eigenvalue weighted by molar-refractivity contribution is 0.344. The molecule has 0 radical (unpaired) electrons. The predicted molar refractivity (Wildman–Crippen MR) is 67.4 cm³/mol. The van der Waals surface area contributed by atoms with Gasteiger partial charge in [0, 0.05) is 12.0 Å². The van der Waals surface area contributed by atoms with Crippen molar-refractivity contribution in [2.24, 2.45) is 11.7 Å². The Morgan fingerprint density at radius 3 is 2.56 bits per heavy atom. The minimum absolute atomic E-state index is 0.401. The van der Waals surface area contributed by atoms with Crippen molar-refractivity contribution in [1.29, 1.82) is 0 Å². The Hall–Kier alpha value is -0.820. The summed E-state index contributed by atoms with van der Waals surface area (Å²) in [5.74, 6) is 1.50. The molecule has 0 heterocycles. The second kappa shape index (κ2) is 4.21. The van der Waals surface area contributed by atoms with Crippen molar-refractivity contribution in [3.63, 3.8) is 0 Å². The molecule has 0 amide bonds. The van der Waals surface area contributed by atoms with Gasteiger partial charge >= 0.3 is 0 Å². The lowest BCUT2D eigenvalue weighted by Gasteiger charge is -2.35. The SMILES string of the molecule is NC1CCc2ccccc2C1C1CCCC1. The lowest BCUT2D eigenvalue weighted by atomic mass is 9.72. The second-order valence-electron chi connectivity index (χ2n) is 5.47. The van der Waals surface area contributed by atoms with Crippen LogP contribution in [0.15, 0.2) is 24.3 Å². The molecule has 0 bridgehead atoms. The van der Waals surface area contributed by atoms with Gasteiger partial charge in [-0.1, -0.05) is 37.1 Å². The maximum atomic E-state index is 6.37. The molecule has 86 valence electrons. The highest BCUT2D eigenvalue weighted by molar-refractivity contribution is 5.35. The number of rotatable bonds is 1. The average Bonchev–Trinajstić information content (AvgIpc) is 2.82. The molecule has 0 aromatic heterocycles. The molecule has 1 nitrogen and oxygen atoms in total. The van der Waals surface area contributed by atoms with Crippen molar-refractivity contribution in [2.45, 2.75) is 50.5 Å². The van der Waals surface area contributed by atoms with Crippen LogP contribution in [0.4, 0.5) is 0 Å². The van der Waals surface area contributed by atoms with Crippen molar-refractivity contribution < 1.29 is 0 Å².